The molecule has 0 aromatic carbocycles. The van der Waals surface area contributed by atoms with Gasteiger partial charge < -0.3 is 4.57 Å². The molecule has 3 heteroatoms. The van der Waals surface area contributed by atoms with Gasteiger partial charge in [-0.3, -0.25) is 0 Å². The first-order valence-electron chi connectivity index (χ1n) is 3.46. The van der Waals surface area contributed by atoms with Gasteiger partial charge in [0.1, 0.15) is 5.15 Å². The van der Waals surface area contributed by atoms with E-state index in [1.165, 1.54) is 6.07 Å². The molecule has 0 aliphatic carbocycles. The number of nitrogens with zero attached hydrogens (tertiary/aromatic N) is 1. The summed E-state index contributed by atoms with van der Waals surface area (Å²) < 4.78 is 14.4. The van der Waals surface area contributed by atoms with Gasteiger partial charge in [0.2, 0.25) is 0 Å². The quantitative estimate of drug-likeness (QED) is 0.571. The first-order valence-corrected chi connectivity index (χ1v) is 3.83. The Morgan fingerprint density at radius 2 is 2.00 bits per heavy atom. The smallest absolute Gasteiger partial charge is 0.160 e. The zero-order valence-corrected chi connectivity index (χ0v) is 7.61. The van der Waals surface area contributed by atoms with Crippen molar-refractivity contribution in [2.75, 3.05) is 0 Å². The van der Waals surface area contributed by atoms with Crippen LogP contribution >= 0.6 is 11.6 Å². The third kappa shape index (κ3) is 1.56. The topological polar surface area (TPSA) is 4.93 Å². The zero-order chi connectivity index (χ0) is 8.65. The Kier molecular flexibility index (Phi) is 1.97. The van der Waals surface area contributed by atoms with Crippen LogP contribution in [-0.2, 0) is 5.54 Å². The molecule has 0 saturated heterocycles. The molecule has 1 nitrogen and oxygen atoms in total. The van der Waals surface area contributed by atoms with Gasteiger partial charge in [-0.2, -0.15) is 0 Å². The van der Waals surface area contributed by atoms with Crippen LogP contribution in [0.4, 0.5) is 4.39 Å². The summed E-state index contributed by atoms with van der Waals surface area (Å²) in [5, 5.41) is 0.178. The minimum absolute atomic E-state index is 0.151. The van der Waals surface area contributed by atoms with E-state index < -0.39 is 0 Å². The van der Waals surface area contributed by atoms with Gasteiger partial charge in [-0.25, -0.2) is 4.39 Å². The molecule has 1 rings (SSSR count). The summed E-state index contributed by atoms with van der Waals surface area (Å²) in [6.07, 6.45) is 1.65. The molecule has 0 saturated carbocycles. The molecule has 0 radical (unpaired) electrons. The summed E-state index contributed by atoms with van der Waals surface area (Å²) in [4.78, 5) is 0. The van der Waals surface area contributed by atoms with Crippen LogP contribution in [-0.4, -0.2) is 4.57 Å². The van der Waals surface area contributed by atoms with E-state index in [9.17, 15) is 4.39 Å². The molecular weight excluding hydrogens is 165 g/mol. The second kappa shape index (κ2) is 2.52. The maximum Gasteiger partial charge on any atom is 0.160 e. The highest BCUT2D eigenvalue weighted by molar-refractivity contribution is 6.29. The Bertz CT molecular complexity index is 260. The fourth-order valence-corrected chi connectivity index (χ4v) is 1.28. The fourth-order valence-electron chi connectivity index (χ4n) is 0.907. The van der Waals surface area contributed by atoms with Gasteiger partial charge in [-0.15, -0.1) is 0 Å². The summed E-state index contributed by atoms with van der Waals surface area (Å²) in [7, 11) is 0. The molecule has 0 N–H and O–H groups in total. The van der Waals surface area contributed by atoms with E-state index in [4.69, 9.17) is 11.6 Å². The van der Waals surface area contributed by atoms with Crippen LogP contribution in [0.3, 0.4) is 0 Å². The third-order valence-corrected chi connectivity index (χ3v) is 1.86. The maximum absolute atomic E-state index is 12.7. The molecule has 0 bridgehead atoms. The predicted octanol–water partition coefficient (Wildman–Crippen LogP) is 3.04. The average Bonchev–Trinajstić information content (AvgIpc) is 2.11. The van der Waals surface area contributed by atoms with E-state index in [0.29, 0.717) is 0 Å². The van der Waals surface area contributed by atoms with Crippen LogP contribution in [0.5, 0.6) is 0 Å². The second-order valence-corrected chi connectivity index (χ2v) is 3.85. The fraction of sp³-hybridized carbons (Fsp3) is 0.500. The monoisotopic (exact) mass is 175 g/mol. The lowest BCUT2D eigenvalue weighted by atomic mass is 10.1. The van der Waals surface area contributed by atoms with Gasteiger partial charge in [0.05, 0.1) is 0 Å². The van der Waals surface area contributed by atoms with Gasteiger partial charge in [0.15, 0.2) is 5.82 Å². The highest BCUT2D eigenvalue weighted by Gasteiger charge is 2.17. The SMILES string of the molecule is CC(C)(C)n1ccc(F)c1Cl. The summed E-state index contributed by atoms with van der Waals surface area (Å²) in [5.74, 6) is -0.360. The highest BCUT2D eigenvalue weighted by atomic mass is 35.5. The molecule has 1 aromatic heterocycles. The van der Waals surface area contributed by atoms with E-state index in [-0.39, 0.29) is 16.5 Å². The molecule has 0 fully saturated rings. The Balaban J connectivity index is 3.15. The number of hydrogen-bond acceptors (Lipinski definition) is 0. The Hall–Kier alpha value is -0.500. The molecule has 0 aliphatic rings. The van der Waals surface area contributed by atoms with Crippen molar-refractivity contribution in [1.29, 1.82) is 0 Å². The van der Waals surface area contributed by atoms with Crippen molar-refractivity contribution in [2.45, 2.75) is 26.3 Å². The Morgan fingerprint density at radius 1 is 1.45 bits per heavy atom. The first-order chi connectivity index (χ1) is 4.93. The Morgan fingerprint density at radius 3 is 2.18 bits per heavy atom. The van der Waals surface area contributed by atoms with Crippen LogP contribution in [0, 0.1) is 5.82 Å². The van der Waals surface area contributed by atoms with E-state index in [0.717, 1.165) is 0 Å². The highest BCUT2D eigenvalue weighted by Crippen LogP contribution is 2.23. The van der Waals surface area contributed by atoms with E-state index in [1.54, 1.807) is 10.8 Å². The molecule has 1 heterocycles. The molecule has 11 heavy (non-hydrogen) atoms. The predicted molar refractivity (Wildman–Crippen MR) is 44.4 cm³/mol. The van der Waals surface area contributed by atoms with Crippen LogP contribution in [0.15, 0.2) is 12.3 Å². The van der Waals surface area contributed by atoms with Crippen LogP contribution < -0.4 is 0 Å². The standard InChI is InChI=1S/C8H11ClFN/c1-8(2,3)11-5-4-6(10)7(11)9/h4-5H,1-3H3. The number of rotatable bonds is 0. The molecule has 1 aromatic rings. The lowest BCUT2D eigenvalue weighted by Gasteiger charge is -2.21. The van der Waals surface area contributed by atoms with Crippen molar-refractivity contribution in [3.05, 3.63) is 23.2 Å². The summed E-state index contributed by atoms with van der Waals surface area (Å²) in [5.41, 5.74) is -0.151. The van der Waals surface area contributed by atoms with E-state index in [1.807, 2.05) is 20.8 Å². The third-order valence-electron chi connectivity index (χ3n) is 1.50. The van der Waals surface area contributed by atoms with Crippen LogP contribution in [0.25, 0.3) is 0 Å². The molecule has 0 aliphatic heterocycles. The maximum atomic E-state index is 12.7. The number of hydrogen-bond donors (Lipinski definition) is 0. The summed E-state index contributed by atoms with van der Waals surface area (Å²) >= 11 is 5.68. The molecular formula is C8H11ClFN. The van der Waals surface area contributed by atoms with Gasteiger partial charge in [-0.1, -0.05) is 11.6 Å². The van der Waals surface area contributed by atoms with Gasteiger partial charge in [0.25, 0.3) is 0 Å². The van der Waals surface area contributed by atoms with Crippen molar-refractivity contribution < 1.29 is 4.39 Å². The van der Waals surface area contributed by atoms with Gasteiger partial charge >= 0.3 is 0 Å². The van der Waals surface area contributed by atoms with E-state index in [2.05, 4.69) is 0 Å². The minimum Gasteiger partial charge on any atom is -0.331 e. The van der Waals surface area contributed by atoms with Gasteiger partial charge in [0, 0.05) is 11.7 Å². The second-order valence-electron chi connectivity index (χ2n) is 3.50. The minimum atomic E-state index is -0.360. The Labute approximate surface area is 70.8 Å². The van der Waals surface area contributed by atoms with Crippen molar-refractivity contribution >= 4 is 11.6 Å². The van der Waals surface area contributed by atoms with Crippen molar-refractivity contribution in [1.82, 2.24) is 4.57 Å². The van der Waals surface area contributed by atoms with Crippen molar-refractivity contribution in [3.63, 3.8) is 0 Å². The molecule has 0 atom stereocenters. The van der Waals surface area contributed by atoms with Crippen LogP contribution in [0.1, 0.15) is 20.8 Å². The largest absolute Gasteiger partial charge is 0.331 e. The molecule has 0 unspecified atom stereocenters. The molecule has 62 valence electrons. The zero-order valence-electron chi connectivity index (χ0n) is 6.86. The van der Waals surface area contributed by atoms with E-state index >= 15 is 0 Å². The lowest BCUT2D eigenvalue weighted by Crippen LogP contribution is -2.20. The van der Waals surface area contributed by atoms with Crippen molar-refractivity contribution in [3.8, 4) is 0 Å². The lowest BCUT2D eigenvalue weighted by molar-refractivity contribution is 0.395. The first kappa shape index (κ1) is 8.60. The average molecular weight is 176 g/mol. The van der Waals surface area contributed by atoms with Crippen LogP contribution in [0.2, 0.25) is 5.15 Å². The summed E-state index contributed by atoms with van der Waals surface area (Å²) in [6, 6.07) is 1.37. The number of halogens is 2. The molecule has 0 amide bonds. The number of aromatic nitrogens is 1. The summed E-state index contributed by atoms with van der Waals surface area (Å²) in [6.45, 7) is 5.91. The molecule has 0 spiro atoms. The van der Waals surface area contributed by atoms with Gasteiger partial charge in [-0.05, 0) is 26.8 Å². The normalized spacial score (nSPS) is 12.1. The van der Waals surface area contributed by atoms with Crippen molar-refractivity contribution in [2.24, 2.45) is 0 Å².